The fourth-order valence-electron chi connectivity index (χ4n) is 2.84. The second-order valence-electron chi connectivity index (χ2n) is 5.17. The van der Waals surface area contributed by atoms with Crippen LogP contribution in [0.25, 0.3) is 0 Å². The van der Waals surface area contributed by atoms with Gasteiger partial charge in [0.25, 0.3) is 11.8 Å². The molecule has 0 radical (unpaired) electrons. The van der Waals surface area contributed by atoms with E-state index in [1.165, 1.54) is 6.20 Å². The zero-order chi connectivity index (χ0) is 15.5. The minimum atomic E-state index is -0.202. The monoisotopic (exact) mass is 299 g/mol. The highest BCUT2D eigenvalue weighted by molar-refractivity contribution is 5.96. The van der Waals surface area contributed by atoms with E-state index in [1.807, 2.05) is 0 Å². The number of aromatic amines is 1. The first-order valence-corrected chi connectivity index (χ1v) is 7.18. The first kappa shape index (κ1) is 14.2. The van der Waals surface area contributed by atoms with Gasteiger partial charge < -0.3 is 10.2 Å². The number of nitrogens with one attached hydrogen (secondary N) is 2. The van der Waals surface area contributed by atoms with E-state index in [1.54, 1.807) is 36.5 Å². The standard InChI is InChI=1S/C15H17N5O2/c1-16-14(21)11-9-18-19-13(11)12-3-2-8-20(12)15(22)10-4-6-17-7-5-10/h4-7,9,12H,2-3,8H2,1H3,(H,16,21)(H,18,19)/t12-/m0/s1. The van der Waals surface area contributed by atoms with Gasteiger partial charge in [-0.25, -0.2) is 0 Å². The average Bonchev–Trinajstić information content (AvgIpc) is 3.22. The minimum Gasteiger partial charge on any atom is -0.355 e. The SMILES string of the molecule is CNC(=O)c1cn[nH]c1[C@@H]1CCCN1C(=O)c1ccncc1. The van der Waals surface area contributed by atoms with Crippen LogP contribution in [0.1, 0.15) is 45.3 Å². The maximum absolute atomic E-state index is 12.7. The van der Waals surface area contributed by atoms with Crippen molar-refractivity contribution >= 4 is 11.8 Å². The van der Waals surface area contributed by atoms with Crippen molar-refractivity contribution in [3.05, 3.63) is 47.5 Å². The molecule has 0 aliphatic carbocycles. The number of amides is 2. The molecule has 2 aromatic rings. The van der Waals surface area contributed by atoms with Crippen molar-refractivity contribution in [3.8, 4) is 0 Å². The van der Waals surface area contributed by atoms with Gasteiger partial charge in [0.05, 0.1) is 23.5 Å². The van der Waals surface area contributed by atoms with Crippen LogP contribution in [0.2, 0.25) is 0 Å². The van der Waals surface area contributed by atoms with Gasteiger partial charge >= 0.3 is 0 Å². The van der Waals surface area contributed by atoms with Gasteiger partial charge in [-0.3, -0.25) is 19.7 Å². The van der Waals surface area contributed by atoms with Gasteiger partial charge in [0.1, 0.15) is 0 Å². The Balaban J connectivity index is 1.90. The number of carbonyl (C=O) groups excluding carboxylic acids is 2. The summed E-state index contributed by atoms with van der Waals surface area (Å²) in [7, 11) is 1.58. The number of aromatic nitrogens is 3. The van der Waals surface area contributed by atoms with Crippen LogP contribution < -0.4 is 5.32 Å². The molecule has 1 fully saturated rings. The van der Waals surface area contributed by atoms with Crippen LogP contribution in [0.5, 0.6) is 0 Å². The van der Waals surface area contributed by atoms with E-state index in [2.05, 4.69) is 20.5 Å². The Morgan fingerprint density at radius 1 is 1.36 bits per heavy atom. The summed E-state index contributed by atoms with van der Waals surface area (Å²) in [5.74, 6) is -0.255. The van der Waals surface area contributed by atoms with Crippen LogP contribution in [0.4, 0.5) is 0 Å². The van der Waals surface area contributed by atoms with Crippen LogP contribution in [0, 0.1) is 0 Å². The summed E-state index contributed by atoms with van der Waals surface area (Å²) in [4.78, 5) is 30.3. The second-order valence-corrected chi connectivity index (χ2v) is 5.17. The molecule has 1 aliphatic heterocycles. The molecule has 1 aliphatic rings. The number of nitrogens with zero attached hydrogens (tertiary/aromatic N) is 3. The van der Waals surface area contributed by atoms with Gasteiger partial charge in [0, 0.05) is 31.5 Å². The molecular formula is C15H17N5O2. The summed E-state index contributed by atoms with van der Waals surface area (Å²) >= 11 is 0. The van der Waals surface area contributed by atoms with Crippen molar-refractivity contribution < 1.29 is 9.59 Å². The summed E-state index contributed by atoms with van der Waals surface area (Å²) in [5, 5.41) is 9.45. The van der Waals surface area contributed by atoms with Crippen molar-refractivity contribution in [1.82, 2.24) is 25.4 Å². The molecule has 0 bridgehead atoms. The molecule has 1 saturated heterocycles. The summed E-state index contributed by atoms with van der Waals surface area (Å²) < 4.78 is 0. The lowest BCUT2D eigenvalue weighted by Gasteiger charge is -2.24. The summed E-state index contributed by atoms with van der Waals surface area (Å²) in [6.07, 6.45) is 6.41. The molecule has 2 amide bonds. The molecule has 0 aromatic carbocycles. The lowest BCUT2D eigenvalue weighted by molar-refractivity contribution is 0.0729. The highest BCUT2D eigenvalue weighted by atomic mass is 16.2. The van der Waals surface area contributed by atoms with E-state index in [0.717, 1.165) is 12.8 Å². The predicted molar refractivity (Wildman–Crippen MR) is 79.2 cm³/mol. The van der Waals surface area contributed by atoms with E-state index < -0.39 is 0 Å². The largest absolute Gasteiger partial charge is 0.355 e. The normalized spacial score (nSPS) is 17.5. The van der Waals surface area contributed by atoms with Gasteiger partial charge in [-0.1, -0.05) is 0 Å². The first-order chi connectivity index (χ1) is 10.7. The molecule has 22 heavy (non-hydrogen) atoms. The number of carbonyl (C=O) groups is 2. The summed E-state index contributed by atoms with van der Waals surface area (Å²) in [5.41, 5.74) is 1.78. The lowest BCUT2D eigenvalue weighted by atomic mass is 10.1. The number of hydrogen-bond donors (Lipinski definition) is 2. The van der Waals surface area contributed by atoms with E-state index in [0.29, 0.717) is 23.4 Å². The highest BCUT2D eigenvalue weighted by Crippen LogP contribution is 2.33. The number of pyridine rings is 1. The molecule has 1 atom stereocenters. The van der Waals surface area contributed by atoms with Gasteiger partial charge in [0.2, 0.25) is 0 Å². The van der Waals surface area contributed by atoms with E-state index in [4.69, 9.17) is 0 Å². The quantitative estimate of drug-likeness (QED) is 0.889. The minimum absolute atomic E-state index is 0.0534. The molecule has 7 heteroatoms. The molecule has 3 heterocycles. The predicted octanol–water partition coefficient (Wildman–Crippen LogP) is 1.14. The van der Waals surface area contributed by atoms with Crippen molar-refractivity contribution in [3.63, 3.8) is 0 Å². The van der Waals surface area contributed by atoms with E-state index >= 15 is 0 Å². The molecule has 0 unspecified atom stereocenters. The summed E-state index contributed by atoms with van der Waals surface area (Å²) in [6.45, 7) is 0.665. The topological polar surface area (TPSA) is 91.0 Å². The zero-order valence-corrected chi connectivity index (χ0v) is 12.2. The average molecular weight is 299 g/mol. The number of H-pyrrole nitrogens is 1. The molecular weight excluding hydrogens is 282 g/mol. The Morgan fingerprint density at radius 2 is 2.14 bits per heavy atom. The van der Waals surface area contributed by atoms with Crippen LogP contribution in [0.3, 0.4) is 0 Å². The lowest BCUT2D eigenvalue weighted by Crippen LogP contribution is -2.32. The first-order valence-electron chi connectivity index (χ1n) is 7.18. The molecule has 2 aromatic heterocycles. The van der Waals surface area contributed by atoms with Crippen LogP contribution in [0.15, 0.2) is 30.7 Å². The van der Waals surface area contributed by atoms with Crippen LogP contribution in [-0.2, 0) is 0 Å². The molecule has 3 rings (SSSR count). The number of hydrogen-bond acceptors (Lipinski definition) is 4. The number of rotatable bonds is 3. The maximum Gasteiger partial charge on any atom is 0.254 e. The molecule has 2 N–H and O–H groups in total. The fourth-order valence-corrected chi connectivity index (χ4v) is 2.84. The molecule has 7 nitrogen and oxygen atoms in total. The van der Waals surface area contributed by atoms with Crippen molar-refractivity contribution in [1.29, 1.82) is 0 Å². The van der Waals surface area contributed by atoms with Gasteiger partial charge in [-0.05, 0) is 25.0 Å². The molecule has 114 valence electrons. The summed E-state index contributed by atoms with van der Waals surface area (Å²) in [6, 6.07) is 3.24. The maximum atomic E-state index is 12.7. The third kappa shape index (κ3) is 2.45. The zero-order valence-electron chi connectivity index (χ0n) is 12.2. The van der Waals surface area contributed by atoms with Gasteiger partial charge in [0.15, 0.2) is 0 Å². The fraction of sp³-hybridized carbons (Fsp3) is 0.333. The van der Waals surface area contributed by atoms with E-state index in [9.17, 15) is 9.59 Å². The van der Waals surface area contributed by atoms with Gasteiger partial charge in [-0.2, -0.15) is 5.10 Å². The molecule has 0 spiro atoms. The van der Waals surface area contributed by atoms with E-state index in [-0.39, 0.29) is 17.9 Å². The van der Waals surface area contributed by atoms with Crippen molar-refractivity contribution in [2.45, 2.75) is 18.9 Å². The Labute approximate surface area is 127 Å². The van der Waals surface area contributed by atoms with Crippen molar-refractivity contribution in [2.24, 2.45) is 0 Å². The third-order valence-corrected chi connectivity index (χ3v) is 3.91. The highest BCUT2D eigenvalue weighted by Gasteiger charge is 2.34. The Hall–Kier alpha value is -2.70. The van der Waals surface area contributed by atoms with Crippen LogP contribution in [-0.4, -0.2) is 45.5 Å². The molecule has 0 saturated carbocycles. The van der Waals surface area contributed by atoms with Crippen LogP contribution >= 0.6 is 0 Å². The van der Waals surface area contributed by atoms with Gasteiger partial charge in [-0.15, -0.1) is 0 Å². The Bertz CT molecular complexity index is 682. The second kappa shape index (κ2) is 5.97. The third-order valence-electron chi connectivity index (χ3n) is 3.91. The number of likely N-dealkylation sites (tertiary alicyclic amines) is 1. The Kier molecular flexibility index (Phi) is 3.86. The smallest absolute Gasteiger partial charge is 0.254 e. The Morgan fingerprint density at radius 3 is 2.86 bits per heavy atom. The van der Waals surface area contributed by atoms with Crippen molar-refractivity contribution in [2.75, 3.05) is 13.6 Å².